The van der Waals surface area contributed by atoms with Gasteiger partial charge in [0.1, 0.15) is 0 Å². The Balaban J connectivity index is 1.84. The second kappa shape index (κ2) is 6.34. The molecule has 1 aliphatic heterocycles. The van der Waals surface area contributed by atoms with Crippen molar-refractivity contribution in [3.8, 4) is 0 Å². The first-order chi connectivity index (χ1) is 8.65. The Morgan fingerprint density at radius 3 is 3.11 bits per heavy atom. The molecule has 0 saturated carbocycles. The van der Waals surface area contributed by atoms with Crippen molar-refractivity contribution >= 4 is 21.8 Å². The van der Waals surface area contributed by atoms with Crippen LogP contribution in [0.25, 0.3) is 0 Å². The van der Waals surface area contributed by atoms with Gasteiger partial charge in [0.25, 0.3) is 0 Å². The molecule has 1 saturated heterocycles. The van der Waals surface area contributed by atoms with Gasteiger partial charge in [-0.05, 0) is 30.5 Å². The fourth-order valence-electron chi connectivity index (χ4n) is 2.34. The molecule has 1 amide bonds. The van der Waals surface area contributed by atoms with E-state index in [0.717, 1.165) is 36.9 Å². The first-order valence-corrected chi connectivity index (χ1v) is 7.18. The molecular weight excluding hydrogens is 292 g/mol. The van der Waals surface area contributed by atoms with E-state index < -0.39 is 0 Å². The van der Waals surface area contributed by atoms with Gasteiger partial charge >= 0.3 is 0 Å². The molecular formula is C14H19BrN2O. The average molecular weight is 311 g/mol. The summed E-state index contributed by atoms with van der Waals surface area (Å²) in [6.45, 7) is 4.23. The predicted octanol–water partition coefficient (Wildman–Crippen LogP) is 2.20. The largest absolute Gasteiger partial charge is 0.340 e. The number of aryl methyl sites for hydroxylation is 1. The second-order valence-corrected chi connectivity index (χ2v) is 5.70. The molecule has 1 aliphatic rings. The van der Waals surface area contributed by atoms with Crippen LogP contribution >= 0.6 is 15.9 Å². The minimum atomic E-state index is 0.184. The van der Waals surface area contributed by atoms with Gasteiger partial charge in [-0.1, -0.05) is 28.1 Å². The van der Waals surface area contributed by atoms with Crippen LogP contribution < -0.4 is 5.32 Å². The van der Waals surface area contributed by atoms with Crippen LogP contribution in [0, 0.1) is 0 Å². The zero-order valence-electron chi connectivity index (χ0n) is 10.7. The number of halogens is 1. The lowest BCUT2D eigenvalue weighted by Crippen LogP contribution is -2.52. The van der Waals surface area contributed by atoms with Crippen LogP contribution in [0.1, 0.15) is 18.9 Å². The molecule has 3 nitrogen and oxygen atoms in total. The molecule has 0 bridgehead atoms. The molecule has 1 fully saturated rings. The summed E-state index contributed by atoms with van der Waals surface area (Å²) < 4.78 is 1.13. The van der Waals surface area contributed by atoms with E-state index in [2.05, 4.69) is 39.4 Å². The summed E-state index contributed by atoms with van der Waals surface area (Å²) in [4.78, 5) is 13.3. The SMILES string of the molecule is CC(=O)N1CCNC(CCc2cccc(Br)c2)C1. The van der Waals surface area contributed by atoms with Crippen LogP contribution in [0.4, 0.5) is 0 Å². The molecule has 0 aliphatic carbocycles. The van der Waals surface area contributed by atoms with Crippen molar-refractivity contribution < 1.29 is 4.79 Å². The summed E-state index contributed by atoms with van der Waals surface area (Å²) in [6, 6.07) is 8.83. The first-order valence-electron chi connectivity index (χ1n) is 6.38. The fraction of sp³-hybridized carbons (Fsp3) is 0.500. The Kier molecular flexibility index (Phi) is 4.78. The van der Waals surface area contributed by atoms with E-state index in [9.17, 15) is 4.79 Å². The Bertz CT molecular complexity index is 422. The summed E-state index contributed by atoms with van der Waals surface area (Å²) >= 11 is 3.49. The van der Waals surface area contributed by atoms with E-state index in [1.165, 1.54) is 5.56 Å². The molecule has 1 heterocycles. The minimum Gasteiger partial charge on any atom is -0.340 e. The zero-order chi connectivity index (χ0) is 13.0. The zero-order valence-corrected chi connectivity index (χ0v) is 12.2. The molecule has 1 aromatic carbocycles. The van der Waals surface area contributed by atoms with Crippen molar-refractivity contribution in [1.82, 2.24) is 10.2 Å². The van der Waals surface area contributed by atoms with E-state index in [-0.39, 0.29) is 5.91 Å². The van der Waals surface area contributed by atoms with Crippen LogP contribution in [0.2, 0.25) is 0 Å². The Morgan fingerprint density at radius 1 is 1.56 bits per heavy atom. The third kappa shape index (κ3) is 3.82. The summed E-state index contributed by atoms with van der Waals surface area (Å²) in [5.41, 5.74) is 1.34. The van der Waals surface area contributed by atoms with E-state index >= 15 is 0 Å². The van der Waals surface area contributed by atoms with Gasteiger partial charge in [0.2, 0.25) is 5.91 Å². The summed E-state index contributed by atoms with van der Waals surface area (Å²) in [5, 5.41) is 3.48. The van der Waals surface area contributed by atoms with Crippen molar-refractivity contribution in [2.24, 2.45) is 0 Å². The molecule has 2 rings (SSSR count). The molecule has 1 aromatic rings. The van der Waals surface area contributed by atoms with Crippen LogP contribution in [-0.4, -0.2) is 36.5 Å². The number of nitrogens with zero attached hydrogens (tertiary/aromatic N) is 1. The average Bonchev–Trinajstić information content (AvgIpc) is 2.37. The van der Waals surface area contributed by atoms with Crippen molar-refractivity contribution in [2.45, 2.75) is 25.8 Å². The van der Waals surface area contributed by atoms with Gasteiger partial charge in [-0.25, -0.2) is 0 Å². The molecule has 0 radical (unpaired) electrons. The van der Waals surface area contributed by atoms with Gasteiger partial charge in [0, 0.05) is 37.1 Å². The highest BCUT2D eigenvalue weighted by molar-refractivity contribution is 9.10. The quantitative estimate of drug-likeness (QED) is 0.928. The van der Waals surface area contributed by atoms with Gasteiger partial charge < -0.3 is 10.2 Å². The molecule has 1 atom stereocenters. The van der Waals surface area contributed by atoms with Gasteiger partial charge in [-0.3, -0.25) is 4.79 Å². The fourth-order valence-corrected chi connectivity index (χ4v) is 2.78. The minimum absolute atomic E-state index is 0.184. The number of rotatable bonds is 3. The Morgan fingerprint density at radius 2 is 2.39 bits per heavy atom. The van der Waals surface area contributed by atoms with E-state index in [4.69, 9.17) is 0 Å². The number of hydrogen-bond donors (Lipinski definition) is 1. The molecule has 1 unspecified atom stereocenters. The molecule has 0 aromatic heterocycles. The third-order valence-electron chi connectivity index (χ3n) is 3.37. The number of benzene rings is 1. The maximum absolute atomic E-state index is 11.4. The number of carbonyl (C=O) groups is 1. The molecule has 18 heavy (non-hydrogen) atoms. The predicted molar refractivity (Wildman–Crippen MR) is 76.5 cm³/mol. The van der Waals surface area contributed by atoms with Crippen molar-refractivity contribution in [3.05, 3.63) is 34.3 Å². The van der Waals surface area contributed by atoms with E-state index in [1.54, 1.807) is 6.92 Å². The summed E-state index contributed by atoms with van der Waals surface area (Å²) in [6.07, 6.45) is 2.11. The number of hydrogen-bond acceptors (Lipinski definition) is 2. The molecule has 4 heteroatoms. The van der Waals surface area contributed by atoms with E-state index in [0.29, 0.717) is 6.04 Å². The van der Waals surface area contributed by atoms with Crippen LogP contribution in [0.15, 0.2) is 28.7 Å². The molecule has 98 valence electrons. The topological polar surface area (TPSA) is 32.3 Å². The van der Waals surface area contributed by atoms with E-state index in [1.807, 2.05) is 11.0 Å². The van der Waals surface area contributed by atoms with Crippen molar-refractivity contribution in [1.29, 1.82) is 0 Å². The maximum Gasteiger partial charge on any atom is 0.219 e. The lowest BCUT2D eigenvalue weighted by atomic mass is 10.0. The monoisotopic (exact) mass is 310 g/mol. The number of piperazine rings is 1. The van der Waals surface area contributed by atoms with Gasteiger partial charge in [-0.15, -0.1) is 0 Å². The highest BCUT2D eigenvalue weighted by Crippen LogP contribution is 2.14. The molecule has 0 spiro atoms. The lowest BCUT2D eigenvalue weighted by molar-refractivity contribution is -0.130. The Hall–Kier alpha value is -0.870. The summed E-state index contributed by atoms with van der Waals surface area (Å²) in [7, 11) is 0. The maximum atomic E-state index is 11.4. The highest BCUT2D eigenvalue weighted by Gasteiger charge is 2.20. The normalized spacial score (nSPS) is 19.9. The van der Waals surface area contributed by atoms with Gasteiger partial charge in [-0.2, -0.15) is 0 Å². The highest BCUT2D eigenvalue weighted by atomic mass is 79.9. The number of nitrogens with one attached hydrogen (secondary N) is 1. The number of carbonyl (C=O) groups excluding carboxylic acids is 1. The second-order valence-electron chi connectivity index (χ2n) is 4.78. The number of amides is 1. The van der Waals surface area contributed by atoms with Crippen molar-refractivity contribution in [2.75, 3.05) is 19.6 Å². The summed E-state index contributed by atoms with van der Waals surface area (Å²) in [5.74, 6) is 0.184. The van der Waals surface area contributed by atoms with Crippen molar-refractivity contribution in [3.63, 3.8) is 0 Å². The van der Waals surface area contributed by atoms with Crippen LogP contribution in [-0.2, 0) is 11.2 Å². The lowest BCUT2D eigenvalue weighted by Gasteiger charge is -2.33. The standard InChI is InChI=1S/C14H19BrN2O/c1-11(18)17-8-7-16-14(10-17)6-5-12-3-2-4-13(15)9-12/h2-4,9,14,16H,5-8,10H2,1H3. The first kappa shape index (κ1) is 13.6. The van der Waals surface area contributed by atoms with Crippen LogP contribution in [0.5, 0.6) is 0 Å². The van der Waals surface area contributed by atoms with Gasteiger partial charge in [0.15, 0.2) is 0 Å². The molecule has 1 N–H and O–H groups in total. The van der Waals surface area contributed by atoms with Crippen LogP contribution in [0.3, 0.4) is 0 Å². The smallest absolute Gasteiger partial charge is 0.219 e. The Labute approximate surface area is 117 Å². The third-order valence-corrected chi connectivity index (χ3v) is 3.86. The van der Waals surface area contributed by atoms with Gasteiger partial charge in [0.05, 0.1) is 0 Å².